The van der Waals surface area contributed by atoms with E-state index in [2.05, 4.69) is 37.0 Å². The Labute approximate surface area is 93.7 Å². The first-order valence-corrected chi connectivity index (χ1v) is 5.85. The van der Waals surface area contributed by atoms with Gasteiger partial charge in [0.2, 0.25) is 0 Å². The quantitative estimate of drug-likeness (QED) is 0.839. The van der Waals surface area contributed by atoms with E-state index in [9.17, 15) is 0 Å². The fourth-order valence-electron chi connectivity index (χ4n) is 1.47. The zero-order valence-corrected chi connectivity index (χ0v) is 10.2. The summed E-state index contributed by atoms with van der Waals surface area (Å²) in [5, 5.41) is 4.28. The third-order valence-electron chi connectivity index (χ3n) is 2.10. The third kappa shape index (κ3) is 2.33. The van der Waals surface area contributed by atoms with E-state index in [-0.39, 0.29) is 0 Å². The molecule has 1 aromatic heterocycles. The van der Waals surface area contributed by atoms with E-state index in [0.717, 1.165) is 28.8 Å². The molecule has 1 aliphatic heterocycles. The predicted octanol–water partition coefficient (Wildman–Crippen LogP) is 2.59. The van der Waals surface area contributed by atoms with Crippen LogP contribution in [0.15, 0.2) is 15.3 Å². The number of hydrogen-bond acceptors (Lipinski definition) is 2. The SMILES string of the molecule is Brc1cc(Br)n(CC2CCCO2)n1. The van der Waals surface area contributed by atoms with Crippen LogP contribution in [0.2, 0.25) is 0 Å². The Morgan fingerprint density at radius 3 is 3.00 bits per heavy atom. The van der Waals surface area contributed by atoms with Crippen LogP contribution in [0.3, 0.4) is 0 Å². The Bertz CT molecular complexity index is 294. The molecule has 13 heavy (non-hydrogen) atoms. The minimum Gasteiger partial charge on any atom is -0.376 e. The minimum atomic E-state index is 0.336. The minimum absolute atomic E-state index is 0.336. The molecule has 0 N–H and O–H groups in total. The van der Waals surface area contributed by atoms with Gasteiger partial charge in [0, 0.05) is 12.7 Å². The lowest BCUT2D eigenvalue weighted by atomic mass is 10.2. The van der Waals surface area contributed by atoms with Crippen LogP contribution in [0.1, 0.15) is 12.8 Å². The third-order valence-corrected chi connectivity index (χ3v) is 3.13. The molecule has 1 saturated heterocycles. The van der Waals surface area contributed by atoms with Crippen LogP contribution in [0.25, 0.3) is 0 Å². The zero-order valence-electron chi connectivity index (χ0n) is 7.04. The van der Waals surface area contributed by atoms with Crippen LogP contribution in [0, 0.1) is 0 Å². The number of aromatic nitrogens is 2. The van der Waals surface area contributed by atoms with Gasteiger partial charge in [-0.15, -0.1) is 0 Å². The molecular formula is C8H10Br2N2O. The molecule has 1 aliphatic rings. The van der Waals surface area contributed by atoms with E-state index < -0.39 is 0 Å². The van der Waals surface area contributed by atoms with Crippen LogP contribution in [-0.4, -0.2) is 22.5 Å². The van der Waals surface area contributed by atoms with Crippen molar-refractivity contribution in [1.29, 1.82) is 0 Å². The summed E-state index contributed by atoms with van der Waals surface area (Å²) in [6.07, 6.45) is 2.65. The molecule has 0 bridgehead atoms. The van der Waals surface area contributed by atoms with Crippen molar-refractivity contribution >= 4 is 31.9 Å². The fourth-order valence-corrected chi connectivity index (χ4v) is 2.63. The molecule has 0 spiro atoms. The molecular weight excluding hydrogens is 300 g/mol. The molecule has 0 aromatic carbocycles. The number of halogens is 2. The van der Waals surface area contributed by atoms with E-state index >= 15 is 0 Å². The molecule has 1 aromatic rings. The van der Waals surface area contributed by atoms with Crippen molar-refractivity contribution in [1.82, 2.24) is 9.78 Å². The summed E-state index contributed by atoms with van der Waals surface area (Å²) in [7, 11) is 0. The molecule has 2 rings (SSSR count). The fraction of sp³-hybridized carbons (Fsp3) is 0.625. The van der Waals surface area contributed by atoms with E-state index in [4.69, 9.17) is 4.74 Å². The average Bonchev–Trinajstić information content (AvgIpc) is 2.63. The summed E-state index contributed by atoms with van der Waals surface area (Å²) in [5.41, 5.74) is 0. The van der Waals surface area contributed by atoms with Crippen molar-refractivity contribution in [2.75, 3.05) is 6.61 Å². The summed E-state index contributed by atoms with van der Waals surface area (Å²) >= 11 is 6.77. The van der Waals surface area contributed by atoms with Gasteiger partial charge >= 0.3 is 0 Å². The van der Waals surface area contributed by atoms with Crippen molar-refractivity contribution < 1.29 is 4.74 Å². The first-order chi connectivity index (χ1) is 6.25. The average molecular weight is 310 g/mol. The van der Waals surface area contributed by atoms with E-state index in [1.807, 2.05) is 10.7 Å². The van der Waals surface area contributed by atoms with E-state index in [1.165, 1.54) is 6.42 Å². The van der Waals surface area contributed by atoms with Crippen molar-refractivity contribution in [3.8, 4) is 0 Å². The highest BCUT2D eigenvalue weighted by atomic mass is 79.9. The normalized spacial score (nSPS) is 22.5. The summed E-state index contributed by atoms with van der Waals surface area (Å²) < 4.78 is 9.29. The first kappa shape index (κ1) is 9.68. The van der Waals surface area contributed by atoms with Crippen molar-refractivity contribution in [2.45, 2.75) is 25.5 Å². The van der Waals surface area contributed by atoms with E-state index in [1.54, 1.807) is 0 Å². The van der Waals surface area contributed by atoms with Crippen LogP contribution in [0.5, 0.6) is 0 Å². The van der Waals surface area contributed by atoms with Gasteiger partial charge in [0.15, 0.2) is 0 Å². The van der Waals surface area contributed by atoms with Gasteiger partial charge in [-0.05, 0) is 44.7 Å². The van der Waals surface area contributed by atoms with Gasteiger partial charge in [-0.3, -0.25) is 4.68 Å². The van der Waals surface area contributed by atoms with Crippen LogP contribution >= 0.6 is 31.9 Å². The highest BCUT2D eigenvalue weighted by Gasteiger charge is 2.17. The monoisotopic (exact) mass is 308 g/mol. The first-order valence-electron chi connectivity index (χ1n) is 4.26. The predicted molar refractivity (Wildman–Crippen MR) is 56.6 cm³/mol. The molecule has 0 amide bonds. The summed E-state index contributed by atoms with van der Waals surface area (Å²) in [5.74, 6) is 0. The maximum atomic E-state index is 5.52. The molecule has 0 radical (unpaired) electrons. The largest absolute Gasteiger partial charge is 0.376 e. The lowest BCUT2D eigenvalue weighted by Crippen LogP contribution is -2.16. The van der Waals surface area contributed by atoms with Gasteiger partial charge in [0.25, 0.3) is 0 Å². The van der Waals surface area contributed by atoms with Crippen molar-refractivity contribution in [3.05, 3.63) is 15.3 Å². The molecule has 0 aliphatic carbocycles. The molecule has 0 saturated carbocycles. The van der Waals surface area contributed by atoms with Crippen LogP contribution < -0.4 is 0 Å². The molecule has 1 unspecified atom stereocenters. The molecule has 72 valence electrons. The van der Waals surface area contributed by atoms with Crippen molar-refractivity contribution in [3.63, 3.8) is 0 Å². The van der Waals surface area contributed by atoms with Crippen molar-refractivity contribution in [2.24, 2.45) is 0 Å². The van der Waals surface area contributed by atoms with Gasteiger partial charge in [-0.1, -0.05) is 0 Å². The maximum absolute atomic E-state index is 5.52. The Balaban J connectivity index is 2.03. The second-order valence-corrected chi connectivity index (χ2v) is 4.73. The zero-order chi connectivity index (χ0) is 9.26. The lowest BCUT2D eigenvalue weighted by Gasteiger charge is -2.09. The van der Waals surface area contributed by atoms with Crippen LogP contribution in [0.4, 0.5) is 0 Å². The second kappa shape index (κ2) is 4.11. The highest BCUT2D eigenvalue weighted by molar-refractivity contribution is 9.11. The number of ether oxygens (including phenoxy) is 1. The second-order valence-electron chi connectivity index (χ2n) is 3.11. The van der Waals surface area contributed by atoms with E-state index in [0.29, 0.717) is 6.10 Å². The highest BCUT2D eigenvalue weighted by Crippen LogP contribution is 2.20. The molecule has 3 nitrogen and oxygen atoms in total. The summed E-state index contributed by atoms with van der Waals surface area (Å²) in [6, 6.07) is 1.94. The number of nitrogens with zero attached hydrogens (tertiary/aromatic N) is 2. The smallest absolute Gasteiger partial charge is 0.129 e. The maximum Gasteiger partial charge on any atom is 0.129 e. The Morgan fingerprint density at radius 1 is 1.62 bits per heavy atom. The number of hydrogen-bond donors (Lipinski definition) is 0. The Hall–Kier alpha value is 0.130. The van der Waals surface area contributed by atoms with Gasteiger partial charge in [-0.2, -0.15) is 5.10 Å². The van der Waals surface area contributed by atoms with Gasteiger partial charge in [0.05, 0.1) is 12.6 Å². The summed E-state index contributed by atoms with van der Waals surface area (Å²) in [6.45, 7) is 1.73. The van der Waals surface area contributed by atoms with Gasteiger partial charge in [-0.25, -0.2) is 0 Å². The molecule has 2 heterocycles. The number of rotatable bonds is 2. The summed E-state index contributed by atoms with van der Waals surface area (Å²) in [4.78, 5) is 0. The van der Waals surface area contributed by atoms with Gasteiger partial charge < -0.3 is 4.74 Å². The molecule has 5 heteroatoms. The molecule has 1 atom stereocenters. The standard InChI is InChI=1S/C8H10Br2N2O/c9-7-4-8(10)12(11-7)5-6-2-1-3-13-6/h4,6H,1-3,5H2. The lowest BCUT2D eigenvalue weighted by molar-refractivity contribution is 0.0933. The molecule has 1 fully saturated rings. The Kier molecular flexibility index (Phi) is 3.06. The van der Waals surface area contributed by atoms with Crippen LogP contribution in [-0.2, 0) is 11.3 Å². The van der Waals surface area contributed by atoms with Gasteiger partial charge in [0.1, 0.15) is 9.21 Å². The topological polar surface area (TPSA) is 27.1 Å². The Morgan fingerprint density at radius 2 is 2.46 bits per heavy atom.